The van der Waals surface area contributed by atoms with Gasteiger partial charge < -0.3 is 29.7 Å². The van der Waals surface area contributed by atoms with Gasteiger partial charge in [-0.05, 0) is 24.3 Å². The van der Waals surface area contributed by atoms with Crippen molar-refractivity contribution in [2.24, 2.45) is 0 Å². The van der Waals surface area contributed by atoms with Gasteiger partial charge in [-0.3, -0.25) is 4.79 Å². The molecule has 36 heavy (non-hydrogen) atoms. The molecule has 0 aliphatic carbocycles. The Hall–Kier alpha value is -4.44. The molecule has 0 aliphatic heterocycles. The Morgan fingerprint density at radius 2 is 1.75 bits per heavy atom. The number of methoxy groups -OCH3 is 2. The number of amides is 1. The van der Waals surface area contributed by atoms with Crippen molar-refractivity contribution in [3.05, 3.63) is 70.7 Å². The van der Waals surface area contributed by atoms with Gasteiger partial charge in [0.15, 0.2) is 17.3 Å². The van der Waals surface area contributed by atoms with Crippen LogP contribution in [-0.2, 0) is 6.54 Å². The second-order valence-corrected chi connectivity index (χ2v) is 8.22. The molecule has 0 unspecified atom stereocenters. The first kappa shape index (κ1) is 24.7. The molecule has 0 saturated heterocycles. The van der Waals surface area contributed by atoms with Crippen LogP contribution in [0.4, 0.5) is 0 Å². The van der Waals surface area contributed by atoms with E-state index in [1.807, 2.05) is 0 Å². The minimum Gasteiger partial charge on any atom is -0.507 e. The van der Waals surface area contributed by atoms with Crippen LogP contribution in [0.2, 0.25) is 5.02 Å². The minimum atomic E-state index is -0.536. The third-order valence-corrected chi connectivity index (χ3v) is 5.88. The maximum absolute atomic E-state index is 13.3. The SMILES string of the molecule is COc1cccc(CN(C)C(=O)c2cc(-c3nnc(O)n3-c3ccccc3Cl)c(O)cc2O)c1OC. The summed E-state index contributed by atoms with van der Waals surface area (Å²) in [7, 11) is 4.59. The lowest BCUT2D eigenvalue weighted by Crippen LogP contribution is -2.26. The highest BCUT2D eigenvalue weighted by Gasteiger charge is 2.25. The molecule has 3 N–H and O–H groups in total. The van der Waals surface area contributed by atoms with Crippen molar-refractivity contribution >= 4 is 17.5 Å². The van der Waals surface area contributed by atoms with Crippen molar-refractivity contribution in [2.45, 2.75) is 6.54 Å². The molecular formula is C25H23ClN4O6. The van der Waals surface area contributed by atoms with Gasteiger partial charge in [0.05, 0.1) is 36.1 Å². The minimum absolute atomic E-state index is 0.0178. The molecule has 0 fully saturated rings. The van der Waals surface area contributed by atoms with Crippen molar-refractivity contribution in [2.75, 3.05) is 21.3 Å². The van der Waals surface area contributed by atoms with Gasteiger partial charge in [0, 0.05) is 25.2 Å². The van der Waals surface area contributed by atoms with Crippen LogP contribution in [0.25, 0.3) is 17.1 Å². The molecule has 10 nitrogen and oxygen atoms in total. The maximum Gasteiger partial charge on any atom is 0.319 e. The van der Waals surface area contributed by atoms with Crippen LogP contribution in [-0.4, -0.2) is 62.2 Å². The van der Waals surface area contributed by atoms with Crippen molar-refractivity contribution in [3.8, 4) is 46.1 Å². The second-order valence-electron chi connectivity index (χ2n) is 7.81. The average molecular weight is 511 g/mol. The number of nitrogens with zero attached hydrogens (tertiary/aromatic N) is 4. The molecule has 0 radical (unpaired) electrons. The number of phenols is 2. The molecule has 0 aliphatic rings. The Balaban J connectivity index is 1.74. The first-order valence-electron chi connectivity index (χ1n) is 10.7. The summed E-state index contributed by atoms with van der Waals surface area (Å²) in [6, 6.07) is 13.8. The highest BCUT2D eigenvalue weighted by atomic mass is 35.5. The Bertz CT molecular complexity index is 1440. The predicted molar refractivity (Wildman–Crippen MR) is 132 cm³/mol. The first-order chi connectivity index (χ1) is 17.3. The summed E-state index contributed by atoms with van der Waals surface area (Å²) in [6.45, 7) is 0.144. The third kappa shape index (κ3) is 4.46. The zero-order valence-electron chi connectivity index (χ0n) is 19.6. The summed E-state index contributed by atoms with van der Waals surface area (Å²) < 4.78 is 12.0. The second kappa shape index (κ2) is 10.0. The number of aromatic hydroxyl groups is 3. The van der Waals surface area contributed by atoms with Crippen molar-refractivity contribution in [3.63, 3.8) is 0 Å². The normalized spacial score (nSPS) is 10.8. The topological polar surface area (TPSA) is 130 Å². The molecule has 4 aromatic rings. The summed E-state index contributed by atoms with van der Waals surface area (Å²) in [5.74, 6) is -0.320. The van der Waals surface area contributed by atoms with Gasteiger partial charge in [-0.15, -0.1) is 5.10 Å². The molecule has 0 atom stereocenters. The van der Waals surface area contributed by atoms with E-state index in [4.69, 9.17) is 21.1 Å². The van der Waals surface area contributed by atoms with Crippen LogP contribution in [0.15, 0.2) is 54.6 Å². The lowest BCUT2D eigenvalue weighted by atomic mass is 10.1. The summed E-state index contributed by atoms with van der Waals surface area (Å²) >= 11 is 6.29. The zero-order chi connectivity index (χ0) is 26.0. The summed E-state index contributed by atoms with van der Waals surface area (Å²) in [5, 5.41) is 39.4. The fourth-order valence-corrected chi connectivity index (χ4v) is 4.06. The number of benzene rings is 3. The highest BCUT2D eigenvalue weighted by Crippen LogP contribution is 2.38. The van der Waals surface area contributed by atoms with E-state index in [9.17, 15) is 20.1 Å². The van der Waals surface area contributed by atoms with E-state index in [2.05, 4.69) is 10.2 Å². The Morgan fingerprint density at radius 3 is 2.44 bits per heavy atom. The van der Waals surface area contributed by atoms with Crippen LogP contribution in [0.3, 0.4) is 0 Å². The monoisotopic (exact) mass is 510 g/mol. The van der Waals surface area contributed by atoms with E-state index < -0.39 is 17.7 Å². The molecular weight excluding hydrogens is 488 g/mol. The van der Waals surface area contributed by atoms with Gasteiger partial charge in [0.25, 0.3) is 5.91 Å². The summed E-state index contributed by atoms with van der Waals surface area (Å²) in [6.07, 6.45) is 0. The molecule has 186 valence electrons. The fraction of sp³-hybridized carbons (Fsp3) is 0.160. The average Bonchev–Trinajstić information content (AvgIpc) is 3.24. The lowest BCUT2D eigenvalue weighted by molar-refractivity contribution is 0.0781. The molecule has 0 spiro atoms. The van der Waals surface area contributed by atoms with E-state index in [1.54, 1.807) is 49.5 Å². The zero-order valence-corrected chi connectivity index (χ0v) is 20.4. The number of hydrogen-bond donors (Lipinski definition) is 3. The van der Waals surface area contributed by atoms with Crippen LogP contribution in [0.5, 0.6) is 29.0 Å². The Morgan fingerprint density at radius 1 is 1.00 bits per heavy atom. The summed E-state index contributed by atoms with van der Waals surface area (Å²) in [4.78, 5) is 14.7. The van der Waals surface area contributed by atoms with Gasteiger partial charge in [0.2, 0.25) is 0 Å². The smallest absolute Gasteiger partial charge is 0.319 e. The Kier molecular flexibility index (Phi) is 6.89. The van der Waals surface area contributed by atoms with Crippen molar-refractivity contribution in [1.82, 2.24) is 19.7 Å². The fourth-order valence-electron chi connectivity index (χ4n) is 3.84. The number of carbonyl (C=O) groups is 1. The van der Waals surface area contributed by atoms with E-state index in [0.717, 1.165) is 6.07 Å². The molecule has 1 aromatic heterocycles. The molecule has 3 aromatic carbocycles. The number of ether oxygens (including phenoxy) is 2. The number of phenolic OH excluding ortho intramolecular Hbond substituents is 2. The third-order valence-electron chi connectivity index (χ3n) is 5.56. The number of para-hydroxylation sites is 2. The molecule has 1 heterocycles. The number of hydrogen-bond acceptors (Lipinski definition) is 8. The van der Waals surface area contributed by atoms with Gasteiger partial charge in [0.1, 0.15) is 11.5 Å². The molecule has 4 rings (SSSR count). The largest absolute Gasteiger partial charge is 0.507 e. The molecule has 0 saturated carbocycles. The highest BCUT2D eigenvalue weighted by molar-refractivity contribution is 6.32. The van der Waals surface area contributed by atoms with Gasteiger partial charge in [-0.1, -0.05) is 41.0 Å². The molecule has 11 heteroatoms. The van der Waals surface area contributed by atoms with Gasteiger partial charge in [-0.25, -0.2) is 4.57 Å². The van der Waals surface area contributed by atoms with E-state index in [1.165, 1.54) is 29.8 Å². The van der Waals surface area contributed by atoms with E-state index in [0.29, 0.717) is 27.8 Å². The quantitative estimate of drug-likeness (QED) is 0.340. The predicted octanol–water partition coefficient (Wildman–Crippen LogP) is 3.99. The van der Waals surface area contributed by atoms with Crippen molar-refractivity contribution < 1.29 is 29.6 Å². The van der Waals surface area contributed by atoms with Crippen LogP contribution in [0, 0.1) is 0 Å². The molecule has 1 amide bonds. The Labute approximate surface area is 211 Å². The van der Waals surface area contributed by atoms with Crippen LogP contribution < -0.4 is 9.47 Å². The van der Waals surface area contributed by atoms with E-state index >= 15 is 0 Å². The number of aromatic nitrogens is 3. The van der Waals surface area contributed by atoms with Gasteiger partial charge >= 0.3 is 6.01 Å². The number of halogens is 1. The number of rotatable bonds is 7. The standard InChI is InChI=1S/C25H23ClN4O6/c1-29(13-14-7-6-10-21(35-2)22(14)36-3)24(33)16-11-15(19(31)12-20(16)32)23-27-28-25(34)30(23)18-9-5-4-8-17(18)26/h4-12,31-32H,13H2,1-3H3,(H,28,34). The van der Waals surface area contributed by atoms with Gasteiger partial charge in [-0.2, -0.15) is 0 Å². The first-order valence-corrected chi connectivity index (χ1v) is 11.1. The van der Waals surface area contributed by atoms with Crippen LogP contribution >= 0.6 is 11.6 Å². The molecule has 0 bridgehead atoms. The van der Waals surface area contributed by atoms with Crippen molar-refractivity contribution in [1.29, 1.82) is 0 Å². The lowest BCUT2D eigenvalue weighted by Gasteiger charge is -2.21. The van der Waals surface area contributed by atoms with Crippen LogP contribution in [0.1, 0.15) is 15.9 Å². The maximum atomic E-state index is 13.3. The summed E-state index contributed by atoms with van der Waals surface area (Å²) in [5.41, 5.74) is 1.01. The number of carbonyl (C=O) groups excluding carboxylic acids is 1. The van der Waals surface area contributed by atoms with E-state index in [-0.39, 0.29) is 29.2 Å².